The van der Waals surface area contributed by atoms with Gasteiger partial charge in [-0.1, -0.05) is 16.5 Å². The van der Waals surface area contributed by atoms with E-state index in [0.29, 0.717) is 23.1 Å². The number of hydrogen-bond donors (Lipinski definition) is 0. The Labute approximate surface area is 142 Å². The van der Waals surface area contributed by atoms with Crippen molar-refractivity contribution in [3.63, 3.8) is 0 Å². The summed E-state index contributed by atoms with van der Waals surface area (Å²) < 4.78 is 7.20. The minimum Gasteiger partial charge on any atom is -0.337 e. The third-order valence-corrected chi connectivity index (χ3v) is 5.31. The molecule has 1 atom stereocenters. The summed E-state index contributed by atoms with van der Waals surface area (Å²) in [6.07, 6.45) is 5.62. The molecule has 1 amide bonds. The van der Waals surface area contributed by atoms with Crippen LogP contribution in [-0.4, -0.2) is 37.0 Å². The highest BCUT2D eigenvalue weighted by molar-refractivity contribution is 7.16. The quantitative estimate of drug-likeness (QED) is 0.731. The van der Waals surface area contributed by atoms with Crippen LogP contribution in [0.5, 0.6) is 0 Å². The van der Waals surface area contributed by atoms with E-state index in [1.165, 1.54) is 11.3 Å². The fourth-order valence-corrected chi connectivity index (χ4v) is 3.99. The number of hydrogen-bond acceptors (Lipinski definition) is 6. The van der Waals surface area contributed by atoms with E-state index in [4.69, 9.17) is 4.52 Å². The summed E-state index contributed by atoms with van der Waals surface area (Å²) >= 11 is 1.41. The average Bonchev–Trinajstić information content (AvgIpc) is 3.33. The van der Waals surface area contributed by atoms with Crippen LogP contribution in [0.15, 0.2) is 29.0 Å². The van der Waals surface area contributed by atoms with Crippen molar-refractivity contribution in [2.45, 2.75) is 32.7 Å². The third kappa shape index (κ3) is 2.52. The highest BCUT2D eigenvalue weighted by atomic mass is 32.1. The smallest absolute Gasteiger partial charge is 0.266 e. The molecule has 0 spiro atoms. The van der Waals surface area contributed by atoms with Crippen LogP contribution in [-0.2, 0) is 0 Å². The maximum absolute atomic E-state index is 13.0. The van der Waals surface area contributed by atoms with Crippen molar-refractivity contribution in [1.82, 2.24) is 24.6 Å². The van der Waals surface area contributed by atoms with Crippen LogP contribution in [0.25, 0.3) is 5.13 Å². The largest absolute Gasteiger partial charge is 0.337 e. The number of aryl methyl sites for hydroxylation is 2. The summed E-state index contributed by atoms with van der Waals surface area (Å²) in [6.45, 7) is 4.35. The maximum atomic E-state index is 13.0. The van der Waals surface area contributed by atoms with E-state index in [9.17, 15) is 4.79 Å². The van der Waals surface area contributed by atoms with Gasteiger partial charge in [0, 0.05) is 18.9 Å². The summed E-state index contributed by atoms with van der Waals surface area (Å²) in [5.74, 6) is 1.10. The molecule has 1 aliphatic rings. The van der Waals surface area contributed by atoms with Gasteiger partial charge in [0.15, 0.2) is 11.0 Å². The maximum Gasteiger partial charge on any atom is 0.266 e. The van der Waals surface area contributed by atoms with Crippen molar-refractivity contribution >= 4 is 17.2 Å². The molecule has 7 nitrogen and oxygen atoms in total. The summed E-state index contributed by atoms with van der Waals surface area (Å²) in [7, 11) is 0. The molecule has 4 heterocycles. The molecule has 124 valence electrons. The van der Waals surface area contributed by atoms with Crippen molar-refractivity contribution in [2.24, 2.45) is 0 Å². The molecule has 1 unspecified atom stereocenters. The van der Waals surface area contributed by atoms with Gasteiger partial charge in [-0.2, -0.15) is 4.98 Å². The molecule has 1 aliphatic heterocycles. The first kappa shape index (κ1) is 15.1. The van der Waals surface area contributed by atoms with E-state index in [1.54, 1.807) is 6.92 Å². The van der Waals surface area contributed by atoms with E-state index in [1.807, 2.05) is 40.9 Å². The van der Waals surface area contributed by atoms with Crippen molar-refractivity contribution in [1.29, 1.82) is 0 Å². The van der Waals surface area contributed by atoms with Crippen molar-refractivity contribution in [2.75, 3.05) is 6.54 Å². The number of aromatic nitrogens is 4. The Hall–Kier alpha value is -2.48. The van der Waals surface area contributed by atoms with E-state index in [0.717, 1.165) is 23.7 Å². The van der Waals surface area contributed by atoms with Gasteiger partial charge in [-0.05, 0) is 38.8 Å². The van der Waals surface area contributed by atoms with Crippen molar-refractivity contribution in [3.8, 4) is 5.13 Å². The molecule has 3 aromatic heterocycles. The summed E-state index contributed by atoms with van der Waals surface area (Å²) in [6, 6.07) is 3.73. The molecule has 24 heavy (non-hydrogen) atoms. The molecule has 0 saturated carbocycles. The zero-order valence-electron chi connectivity index (χ0n) is 13.5. The Kier molecular flexibility index (Phi) is 3.68. The van der Waals surface area contributed by atoms with Crippen LogP contribution in [0, 0.1) is 13.8 Å². The monoisotopic (exact) mass is 343 g/mol. The number of rotatable bonds is 3. The second-order valence-electron chi connectivity index (χ2n) is 5.84. The van der Waals surface area contributed by atoms with Gasteiger partial charge in [0.25, 0.3) is 5.91 Å². The average molecular weight is 343 g/mol. The van der Waals surface area contributed by atoms with Crippen LogP contribution in [0.2, 0.25) is 0 Å². The van der Waals surface area contributed by atoms with Crippen LogP contribution in [0.3, 0.4) is 0 Å². The summed E-state index contributed by atoms with van der Waals surface area (Å²) in [5.41, 5.74) is 0.751. The molecule has 0 radical (unpaired) electrons. The number of nitrogens with zero attached hydrogens (tertiary/aromatic N) is 5. The normalized spacial score (nSPS) is 17.6. The van der Waals surface area contributed by atoms with Gasteiger partial charge in [-0.3, -0.25) is 4.79 Å². The van der Waals surface area contributed by atoms with Gasteiger partial charge < -0.3 is 14.0 Å². The van der Waals surface area contributed by atoms with Gasteiger partial charge in [0.1, 0.15) is 10.9 Å². The lowest BCUT2D eigenvalue weighted by Gasteiger charge is -2.21. The molecular weight excluding hydrogens is 326 g/mol. The Balaban J connectivity index is 1.63. The minimum atomic E-state index is -0.143. The molecule has 8 heteroatoms. The predicted octanol–water partition coefficient (Wildman–Crippen LogP) is 2.91. The van der Waals surface area contributed by atoms with Crippen LogP contribution < -0.4 is 0 Å². The topological polar surface area (TPSA) is 77.0 Å². The SMILES string of the molecule is Cc1noc(C2CCCN2C(=O)c2sc(-n3cccc3)nc2C)n1. The number of carbonyl (C=O) groups is 1. The van der Waals surface area contributed by atoms with Gasteiger partial charge >= 0.3 is 0 Å². The number of likely N-dealkylation sites (tertiary alicyclic amines) is 1. The Morgan fingerprint density at radius 3 is 2.79 bits per heavy atom. The second-order valence-corrected chi connectivity index (χ2v) is 6.82. The van der Waals surface area contributed by atoms with E-state index >= 15 is 0 Å². The highest BCUT2D eigenvalue weighted by Crippen LogP contribution is 2.34. The summed E-state index contributed by atoms with van der Waals surface area (Å²) in [4.78, 5) is 24.4. The highest BCUT2D eigenvalue weighted by Gasteiger charge is 2.35. The second kappa shape index (κ2) is 5.86. The van der Waals surface area contributed by atoms with Gasteiger partial charge in [0.2, 0.25) is 5.89 Å². The molecule has 0 aromatic carbocycles. The molecule has 1 fully saturated rings. The molecule has 0 bridgehead atoms. The van der Waals surface area contributed by atoms with Crippen LogP contribution in [0.4, 0.5) is 0 Å². The number of carbonyl (C=O) groups excluding carboxylic acids is 1. The molecule has 0 N–H and O–H groups in total. The molecule has 3 aromatic rings. The first-order valence-electron chi connectivity index (χ1n) is 7.85. The van der Waals surface area contributed by atoms with E-state index in [2.05, 4.69) is 15.1 Å². The first-order chi connectivity index (χ1) is 11.6. The van der Waals surface area contributed by atoms with Crippen LogP contribution >= 0.6 is 11.3 Å². The first-order valence-corrected chi connectivity index (χ1v) is 8.67. The Morgan fingerprint density at radius 1 is 1.29 bits per heavy atom. The van der Waals surface area contributed by atoms with Gasteiger partial charge in [-0.15, -0.1) is 0 Å². The lowest BCUT2D eigenvalue weighted by atomic mass is 10.2. The minimum absolute atomic E-state index is 0.0123. The van der Waals surface area contributed by atoms with E-state index < -0.39 is 0 Å². The zero-order chi connectivity index (χ0) is 16.7. The molecule has 0 aliphatic carbocycles. The fraction of sp³-hybridized carbons (Fsp3) is 0.375. The lowest BCUT2D eigenvalue weighted by Crippen LogP contribution is -2.30. The number of thiazole rings is 1. The van der Waals surface area contributed by atoms with Crippen molar-refractivity contribution < 1.29 is 9.32 Å². The lowest BCUT2D eigenvalue weighted by molar-refractivity contribution is 0.0714. The van der Waals surface area contributed by atoms with Gasteiger partial charge in [0.05, 0.1) is 5.69 Å². The fourth-order valence-electron chi connectivity index (χ4n) is 3.00. The number of amides is 1. The van der Waals surface area contributed by atoms with Crippen LogP contribution in [0.1, 0.15) is 46.0 Å². The summed E-state index contributed by atoms with van der Waals surface area (Å²) in [5, 5.41) is 4.64. The Morgan fingerprint density at radius 2 is 2.08 bits per heavy atom. The predicted molar refractivity (Wildman–Crippen MR) is 88.2 cm³/mol. The van der Waals surface area contributed by atoms with Gasteiger partial charge in [-0.25, -0.2) is 4.98 Å². The van der Waals surface area contributed by atoms with E-state index in [-0.39, 0.29) is 11.9 Å². The standard InChI is InChI=1S/C16H17N5O2S/c1-10-13(24-16(17-10)20-7-3-4-8-20)15(22)21-9-5-6-12(21)14-18-11(2)19-23-14/h3-4,7-8,12H,5-6,9H2,1-2H3. The third-order valence-electron chi connectivity index (χ3n) is 4.15. The zero-order valence-corrected chi connectivity index (χ0v) is 14.3. The molecule has 1 saturated heterocycles. The molecule has 4 rings (SSSR count). The molecular formula is C16H17N5O2S. The van der Waals surface area contributed by atoms with Crippen molar-refractivity contribution in [3.05, 3.63) is 46.8 Å². The Bertz CT molecular complexity index is 867.